The lowest BCUT2D eigenvalue weighted by molar-refractivity contribution is -0.146. The molecule has 3 aromatic rings. The molecule has 1 saturated carbocycles. The van der Waals surface area contributed by atoms with Gasteiger partial charge in [0.05, 0.1) is 23.8 Å². The molecule has 0 aromatic carbocycles. The van der Waals surface area contributed by atoms with Crippen LogP contribution in [0.2, 0.25) is 0 Å². The van der Waals surface area contributed by atoms with E-state index in [4.69, 9.17) is 0 Å². The fourth-order valence-electron chi connectivity index (χ4n) is 5.11. The Bertz CT molecular complexity index is 1360. The van der Waals surface area contributed by atoms with Gasteiger partial charge in [-0.2, -0.15) is 0 Å². The maximum atomic E-state index is 15.7. The molecule has 11 nitrogen and oxygen atoms in total. The van der Waals surface area contributed by atoms with Crippen molar-refractivity contribution >= 4 is 21.8 Å². The third kappa shape index (κ3) is 5.55. The Morgan fingerprint density at radius 1 is 1.16 bits per heavy atom. The van der Waals surface area contributed by atoms with Gasteiger partial charge in [0.25, 0.3) is 5.56 Å². The van der Waals surface area contributed by atoms with Gasteiger partial charge in [0, 0.05) is 31.6 Å². The highest BCUT2D eigenvalue weighted by molar-refractivity contribution is 9.10. The number of alkyl halides is 1. The maximum absolute atomic E-state index is 15.7. The molecule has 0 radical (unpaired) electrons. The van der Waals surface area contributed by atoms with Crippen LogP contribution in [0.4, 0.5) is 4.39 Å². The summed E-state index contributed by atoms with van der Waals surface area (Å²) in [5, 5.41) is 8.38. The fourth-order valence-corrected chi connectivity index (χ4v) is 5.45. The van der Waals surface area contributed by atoms with Crippen LogP contribution in [-0.2, 0) is 17.0 Å². The van der Waals surface area contributed by atoms with Crippen LogP contribution < -0.4 is 11.2 Å². The molecule has 13 heteroatoms. The van der Waals surface area contributed by atoms with Gasteiger partial charge in [0.15, 0.2) is 11.5 Å². The number of hydrogen-bond donors (Lipinski definition) is 1. The van der Waals surface area contributed by atoms with Gasteiger partial charge >= 0.3 is 5.69 Å². The first-order valence-electron chi connectivity index (χ1n) is 12.5. The van der Waals surface area contributed by atoms with Gasteiger partial charge in [-0.15, -0.1) is 5.10 Å². The molecule has 1 unspecified atom stereocenters. The van der Waals surface area contributed by atoms with Crippen LogP contribution in [-0.4, -0.2) is 58.4 Å². The Morgan fingerprint density at radius 2 is 1.89 bits per heavy atom. The number of nitrogens with one attached hydrogen (secondary N) is 1. The predicted molar refractivity (Wildman–Crippen MR) is 134 cm³/mol. The third-order valence-electron chi connectivity index (χ3n) is 7.22. The van der Waals surface area contributed by atoms with Crippen molar-refractivity contribution in [1.82, 2.24) is 39.4 Å². The van der Waals surface area contributed by atoms with Gasteiger partial charge in [0.2, 0.25) is 5.91 Å². The monoisotopic (exact) mass is 574 g/mol. The van der Waals surface area contributed by atoms with E-state index in [1.54, 1.807) is 29.3 Å². The van der Waals surface area contributed by atoms with Crippen molar-refractivity contribution in [3.8, 4) is 0 Å². The molecule has 0 bridgehead atoms. The van der Waals surface area contributed by atoms with Crippen molar-refractivity contribution in [2.24, 2.45) is 5.92 Å². The van der Waals surface area contributed by atoms with Crippen LogP contribution in [0.15, 0.2) is 44.9 Å². The summed E-state index contributed by atoms with van der Waals surface area (Å²) in [6, 6.07) is 1.53. The largest absolute Gasteiger partial charge is 0.335 e. The lowest BCUT2D eigenvalue weighted by atomic mass is 9.84. The number of rotatable bonds is 8. The quantitative estimate of drug-likeness (QED) is 0.436. The van der Waals surface area contributed by atoms with Gasteiger partial charge in [-0.3, -0.25) is 19.1 Å². The lowest BCUT2D eigenvalue weighted by Crippen LogP contribution is -2.59. The predicted octanol–water partition coefficient (Wildman–Crippen LogP) is 2.34. The highest BCUT2D eigenvalue weighted by Crippen LogP contribution is 2.37. The van der Waals surface area contributed by atoms with Crippen LogP contribution in [0.3, 0.4) is 0 Å². The number of carbonyl (C=O) groups is 1. The van der Waals surface area contributed by atoms with Crippen LogP contribution in [0.25, 0.3) is 0 Å². The Kier molecular flexibility index (Phi) is 7.31. The maximum Gasteiger partial charge on any atom is 0.328 e. The summed E-state index contributed by atoms with van der Waals surface area (Å²) in [7, 11) is 0. The van der Waals surface area contributed by atoms with Gasteiger partial charge in [-0.25, -0.2) is 23.8 Å². The SMILES string of the molecule is O=C(CCn1cc(Br)c(=O)[nH]c1=O)N1CC(F)(c2cn(C(CC3CCCCC3)c3ncccn3)nn2)C1. The molecule has 2 aliphatic rings. The van der Waals surface area contributed by atoms with Gasteiger partial charge in [-0.05, 0) is 34.3 Å². The summed E-state index contributed by atoms with van der Waals surface area (Å²) in [5.41, 5.74) is -2.75. The topological polar surface area (TPSA) is 132 Å². The smallest absolute Gasteiger partial charge is 0.328 e. The summed E-state index contributed by atoms with van der Waals surface area (Å²) in [5.74, 6) is 0.872. The second-order valence-electron chi connectivity index (χ2n) is 9.84. The highest BCUT2D eigenvalue weighted by Gasteiger charge is 2.49. The summed E-state index contributed by atoms with van der Waals surface area (Å²) in [6.07, 6.45) is 13.1. The highest BCUT2D eigenvalue weighted by atomic mass is 79.9. The standard InChI is InChI=1S/C24H28BrFN8O3/c25-17-12-32(23(37)29-22(17)36)10-7-20(35)33-14-24(26,15-33)19-13-34(31-30-19)18(21-27-8-4-9-28-21)11-16-5-2-1-3-6-16/h4,8-9,12-13,16,18H,1-3,5-7,10-11,14-15H2,(H,29,36,37). The Morgan fingerprint density at radius 3 is 2.62 bits per heavy atom. The molecule has 1 aliphatic heterocycles. The number of nitrogens with zero attached hydrogens (tertiary/aromatic N) is 7. The molecular formula is C24H28BrFN8O3. The molecule has 37 heavy (non-hydrogen) atoms. The molecule has 2 fully saturated rings. The lowest BCUT2D eigenvalue weighted by Gasteiger charge is -2.43. The number of H-pyrrole nitrogens is 1. The van der Waals surface area contributed by atoms with Crippen molar-refractivity contribution in [2.45, 2.75) is 63.2 Å². The van der Waals surface area contributed by atoms with Gasteiger partial charge in [-0.1, -0.05) is 37.3 Å². The average molecular weight is 575 g/mol. The minimum atomic E-state index is -1.79. The normalized spacial score (nSPS) is 18.4. The van der Waals surface area contributed by atoms with E-state index in [0.717, 1.165) is 19.3 Å². The number of amides is 1. The van der Waals surface area contributed by atoms with Gasteiger partial charge in [0.1, 0.15) is 11.7 Å². The zero-order chi connectivity index (χ0) is 26.0. The molecule has 3 aromatic heterocycles. The first-order valence-corrected chi connectivity index (χ1v) is 13.3. The number of aromatic amines is 1. The zero-order valence-electron chi connectivity index (χ0n) is 20.2. The van der Waals surface area contributed by atoms with E-state index in [1.165, 1.54) is 34.9 Å². The van der Waals surface area contributed by atoms with Crippen molar-refractivity contribution in [3.63, 3.8) is 0 Å². The van der Waals surface area contributed by atoms with E-state index in [9.17, 15) is 14.4 Å². The number of carbonyl (C=O) groups excluding carboxylic acids is 1. The number of aromatic nitrogens is 7. The van der Waals surface area contributed by atoms with E-state index >= 15 is 4.39 Å². The minimum absolute atomic E-state index is 0.00400. The first-order chi connectivity index (χ1) is 17.8. The van der Waals surface area contributed by atoms with Crippen LogP contribution in [0.1, 0.15) is 62.5 Å². The second-order valence-corrected chi connectivity index (χ2v) is 10.7. The van der Waals surface area contributed by atoms with E-state index in [0.29, 0.717) is 11.7 Å². The summed E-state index contributed by atoms with van der Waals surface area (Å²) >= 11 is 3.07. The number of aryl methyl sites for hydroxylation is 1. The van der Waals surface area contributed by atoms with Crippen molar-refractivity contribution < 1.29 is 9.18 Å². The summed E-state index contributed by atoms with van der Waals surface area (Å²) < 4.78 is 18.8. The third-order valence-corrected chi connectivity index (χ3v) is 7.79. The van der Waals surface area contributed by atoms with Crippen LogP contribution in [0, 0.1) is 5.92 Å². The number of likely N-dealkylation sites (tertiary alicyclic amines) is 1. The zero-order valence-corrected chi connectivity index (χ0v) is 21.8. The molecule has 1 aliphatic carbocycles. The molecule has 1 amide bonds. The molecule has 0 spiro atoms. The van der Waals surface area contributed by atoms with Crippen LogP contribution >= 0.6 is 15.9 Å². The van der Waals surface area contributed by atoms with Gasteiger partial charge < -0.3 is 4.90 Å². The summed E-state index contributed by atoms with van der Waals surface area (Å²) in [4.78, 5) is 48.4. The Labute approximate surface area is 220 Å². The molecule has 4 heterocycles. The second kappa shape index (κ2) is 10.6. The van der Waals surface area contributed by atoms with Crippen LogP contribution in [0.5, 0.6) is 0 Å². The molecule has 1 atom stereocenters. The molecular weight excluding hydrogens is 547 g/mol. The van der Waals surface area contributed by atoms with E-state index < -0.39 is 16.9 Å². The van der Waals surface area contributed by atoms with Crippen molar-refractivity contribution in [2.75, 3.05) is 13.1 Å². The molecule has 1 N–H and O–H groups in total. The Balaban J connectivity index is 1.24. The minimum Gasteiger partial charge on any atom is -0.335 e. The number of halogens is 2. The van der Waals surface area contributed by atoms with E-state index in [2.05, 4.69) is 41.2 Å². The van der Waals surface area contributed by atoms with Crippen molar-refractivity contribution in [1.29, 1.82) is 0 Å². The molecule has 1 saturated heterocycles. The van der Waals surface area contributed by atoms with E-state index in [-0.39, 0.29) is 48.2 Å². The fraction of sp³-hybridized carbons (Fsp3) is 0.542. The number of hydrogen-bond acceptors (Lipinski definition) is 7. The van der Waals surface area contributed by atoms with E-state index in [1.807, 2.05) is 0 Å². The average Bonchev–Trinajstić information content (AvgIpc) is 3.38. The summed E-state index contributed by atoms with van der Waals surface area (Å²) in [6.45, 7) is -0.202. The molecule has 5 rings (SSSR count). The van der Waals surface area contributed by atoms with Crippen molar-refractivity contribution in [3.05, 3.63) is 67.7 Å². The molecule has 196 valence electrons. The first kappa shape index (κ1) is 25.4. The Hall–Kier alpha value is -3.22.